The van der Waals surface area contributed by atoms with Gasteiger partial charge >= 0.3 is 12.4 Å². The number of ether oxygens (including phenoxy) is 4. The average Bonchev–Trinajstić information content (AvgIpc) is 3.28. The number of amides is 1. The smallest absolute Gasteiger partial charge is 0.416 e. The molecular weight excluding hydrogens is 815 g/mol. The molecule has 1 amide bonds. The molecule has 1 atom stereocenters. The number of carbonyl (C=O) groups is 1. The molecule has 0 aliphatic heterocycles. The molecule has 62 heavy (non-hydrogen) atoms. The van der Waals surface area contributed by atoms with Gasteiger partial charge in [-0.25, -0.2) is 0 Å². The molecule has 0 saturated carbocycles. The predicted molar refractivity (Wildman–Crippen MR) is 227 cm³/mol. The van der Waals surface area contributed by atoms with Crippen LogP contribution in [0.1, 0.15) is 33.9 Å². The van der Waals surface area contributed by atoms with Crippen molar-refractivity contribution in [3.8, 4) is 34.1 Å². The molecule has 326 valence electrons. The maximum absolute atomic E-state index is 13.6. The van der Waals surface area contributed by atoms with E-state index in [9.17, 15) is 36.2 Å². The monoisotopic (exact) mass is 860 g/mol. The molecule has 6 aromatic rings. The summed E-state index contributed by atoms with van der Waals surface area (Å²) in [4.78, 5) is 15.0. The standard InChI is InChI=1S/C31H28F3NO4.C17H18F3NO2/c1-38-27-17-16-26(20-28(27)39-2)35(19-18-21-8-14-25(15-9-21)31(32,33)34)30(37)29(36)24-12-10-23(11-13-24)22-6-4-3-5-7-22;1-22-15-8-7-14(11-16(15)23-2)21-10-9-12-3-5-13(6-4-12)17(18,19)20/h3-17,20,29,36H,18-19H2,1-2H3;3-8,11,21H,9-10H2,1-2H3. The number of halogens is 6. The van der Waals surface area contributed by atoms with Gasteiger partial charge in [0, 0.05) is 36.6 Å². The molecule has 6 rings (SSSR count). The fraction of sp³-hybridized carbons (Fsp3) is 0.229. The van der Waals surface area contributed by atoms with Crippen molar-refractivity contribution in [3.05, 3.63) is 167 Å². The number of anilines is 2. The largest absolute Gasteiger partial charge is 0.493 e. The highest BCUT2D eigenvalue weighted by molar-refractivity contribution is 5.97. The van der Waals surface area contributed by atoms with E-state index in [0.717, 1.165) is 46.6 Å². The number of aliphatic hydroxyl groups excluding tert-OH is 1. The molecule has 0 bridgehead atoms. The van der Waals surface area contributed by atoms with Crippen molar-refractivity contribution in [2.75, 3.05) is 51.7 Å². The number of rotatable bonds is 15. The molecule has 8 nitrogen and oxygen atoms in total. The number of hydrogen-bond acceptors (Lipinski definition) is 7. The summed E-state index contributed by atoms with van der Waals surface area (Å²) in [6, 6.07) is 37.2. The summed E-state index contributed by atoms with van der Waals surface area (Å²) < 4.78 is 97.4. The van der Waals surface area contributed by atoms with E-state index in [1.54, 1.807) is 50.6 Å². The molecule has 6 aromatic carbocycles. The van der Waals surface area contributed by atoms with Gasteiger partial charge in [0.15, 0.2) is 29.1 Å². The minimum atomic E-state index is -4.43. The predicted octanol–water partition coefficient (Wildman–Crippen LogP) is 11.1. The van der Waals surface area contributed by atoms with Crippen LogP contribution in [0.2, 0.25) is 0 Å². The van der Waals surface area contributed by atoms with Crippen LogP contribution in [0.3, 0.4) is 0 Å². The van der Waals surface area contributed by atoms with Crippen LogP contribution in [0.5, 0.6) is 23.0 Å². The van der Waals surface area contributed by atoms with Gasteiger partial charge in [0.05, 0.1) is 39.6 Å². The van der Waals surface area contributed by atoms with E-state index in [0.29, 0.717) is 52.8 Å². The van der Waals surface area contributed by atoms with Crippen LogP contribution >= 0.6 is 0 Å². The molecule has 0 aliphatic rings. The Balaban J connectivity index is 0.000000269. The van der Waals surface area contributed by atoms with Crippen LogP contribution in [0.25, 0.3) is 11.1 Å². The summed E-state index contributed by atoms with van der Waals surface area (Å²) in [6.45, 7) is 0.708. The van der Waals surface area contributed by atoms with Crippen molar-refractivity contribution in [3.63, 3.8) is 0 Å². The molecule has 0 fully saturated rings. The highest BCUT2D eigenvalue weighted by Gasteiger charge is 2.31. The Morgan fingerprint density at radius 1 is 0.581 bits per heavy atom. The first kappa shape index (κ1) is 46.4. The Labute approximate surface area is 356 Å². The molecule has 2 N–H and O–H groups in total. The number of methoxy groups -OCH3 is 4. The zero-order chi connectivity index (χ0) is 44.9. The lowest BCUT2D eigenvalue weighted by molar-refractivity contribution is -0.138. The maximum atomic E-state index is 13.6. The first-order valence-electron chi connectivity index (χ1n) is 19.3. The van der Waals surface area contributed by atoms with E-state index in [4.69, 9.17) is 18.9 Å². The second-order valence-corrected chi connectivity index (χ2v) is 13.8. The number of benzene rings is 6. The number of nitrogens with one attached hydrogen (secondary N) is 1. The second-order valence-electron chi connectivity index (χ2n) is 13.8. The Hall–Kier alpha value is -6.67. The van der Waals surface area contributed by atoms with Gasteiger partial charge in [-0.05, 0) is 89.2 Å². The lowest BCUT2D eigenvalue weighted by Gasteiger charge is -2.26. The van der Waals surface area contributed by atoms with Gasteiger partial charge in [0.2, 0.25) is 0 Å². The Bertz CT molecular complexity index is 2340. The molecule has 0 aliphatic carbocycles. The Morgan fingerprint density at radius 2 is 1.06 bits per heavy atom. The van der Waals surface area contributed by atoms with Gasteiger partial charge in [-0.1, -0.05) is 78.9 Å². The molecule has 1 unspecified atom stereocenters. The minimum Gasteiger partial charge on any atom is -0.493 e. The third kappa shape index (κ3) is 12.4. The number of nitrogens with zero attached hydrogens (tertiary/aromatic N) is 1. The van der Waals surface area contributed by atoms with Gasteiger partial charge in [-0.15, -0.1) is 0 Å². The van der Waals surface area contributed by atoms with E-state index in [1.165, 1.54) is 43.4 Å². The van der Waals surface area contributed by atoms with Crippen LogP contribution in [0.4, 0.5) is 37.7 Å². The first-order chi connectivity index (χ1) is 29.6. The van der Waals surface area contributed by atoms with Crippen molar-refractivity contribution in [2.24, 2.45) is 0 Å². The third-order valence-electron chi connectivity index (χ3n) is 9.83. The summed E-state index contributed by atoms with van der Waals surface area (Å²) in [6.07, 6.45) is -9.31. The highest BCUT2D eigenvalue weighted by Crippen LogP contribution is 2.35. The Kier molecular flexibility index (Phi) is 15.9. The number of alkyl halides is 6. The number of aliphatic hydroxyl groups is 1. The topological polar surface area (TPSA) is 89.5 Å². The summed E-state index contributed by atoms with van der Waals surface area (Å²) in [5.41, 5.74) is 3.75. The van der Waals surface area contributed by atoms with E-state index in [2.05, 4.69) is 5.32 Å². The van der Waals surface area contributed by atoms with Crippen LogP contribution in [0, 0.1) is 0 Å². The second kappa shape index (κ2) is 21.2. The quantitative estimate of drug-likeness (QED) is 0.0994. The van der Waals surface area contributed by atoms with Crippen molar-refractivity contribution >= 4 is 17.3 Å². The summed E-state index contributed by atoms with van der Waals surface area (Å²) in [5.74, 6) is 1.53. The highest BCUT2D eigenvalue weighted by atomic mass is 19.4. The Morgan fingerprint density at radius 3 is 1.58 bits per heavy atom. The molecular formula is C48H46F6N2O6. The molecule has 0 saturated heterocycles. The molecule has 0 aromatic heterocycles. The molecule has 14 heteroatoms. The van der Waals surface area contributed by atoms with Gasteiger partial charge in [-0.3, -0.25) is 4.79 Å². The SMILES string of the molecule is COc1ccc(N(CCc2ccc(C(F)(F)F)cc2)C(=O)C(O)c2ccc(-c3ccccc3)cc2)cc1OC.COc1ccc(NCCc2ccc(C(F)(F)F)cc2)cc1OC. The van der Waals surface area contributed by atoms with Gasteiger partial charge in [0.25, 0.3) is 5.91 Å². The van der Waals surface area contributed by atoms with Crippen LogP contribution in [0.15, 0.2) is 140 Å². The number of hydrogen-bond donors (Lipinski definition) is 2. The van der Waals surface area contributed by atoms with Crippen molar-refractivity contribution in [1.82, 2.24) is 0 Å². The zero-order valence-corrected chi connectivity index (χ0v) is 34.4. The summed E-state index contributed by atoms with van der Waals surface area (Å²) >= 11 is 0. The maximum Gasteiger partial charge on any atom is 0.416 e. The zero-order valence-electron chi connectivity index (χ0n) is 34.4. The van der Waals surface area contributed by atoms with Gasteiger partial charge in [-0.2, -0.15) is 26.3 Å². The van der Waals surface area contributed by atoms with Crippen molar-refractivity contribution in [2.45, 2.75) is 31.3 Å². The van der Waals surface area contributed by atoms with E-state index >= 15 is 0 Å². The van der Waals surface area contributed by atoms with Crippen LogP contribution < -0.4 is 29.2 Å². The lowest BCUT2D eigenvalue weighted by atomic mass is 10.0. The van der Waals surface area contributed by atoms with Gasteiger partial charge < -0.3 is 34.3 Å². The molecule has 0 heterocycles. The van der Waals surface area contributed by atoms with E-state index < -0.39 is 35.5 Å². The van der Waals surface area contributed by atoms with Crippen LogP contribution in [-0.4, -0.2) is 52.5 Å². The number of carbonyl (C=O) groups excluding carboxylic acids is 1. The molecule has 0 radical (unpaired) electrons. The van der Waals surface area contributed by atoms with Crippen LogP contribution in [-0.2, 0) is 30.0 Å². The lowest BCUT2D eigenvalue weighted by Crippen LogP contribution is -2.37. The van der Waals surface area contributed by atoms with Gasteiger partial charge in [0.1, 0.15) is 0 Å². The normalized spacial score (nSPS) is 11.7. The van der Waals surface area contributed by atoms with E-state index in [-0.39, 0.29) is 13.0 Å². The molecule has 0 spiro atoms. The van der Waals surface area contributed by atoms with Crippen molar-refractivity contribution in [1.29, 1.82) is 0 Å². The average molecular weight is 861 g/mol. The fourth-order valence-corrected chi connectivity index (χ4v) is 6.40. The fourth-order valence-electron chi connectivity index (χ4n) is 6.40. The van der Waals surface area contributed by atoms with E-state index in [1.807, 2.05) is 54.6 Å². The first-order valence-corrected chi connectivity index (χ1v) is 19.3. The minimum absolute atomic E-state index is 0.110. The third-order valence-corrected chi connectivity index (χ3v) is 9.83. The summed E-state index contributed by atoms with van der Waals surface area (Å²) in [7, 11) is 6.09. The van der Waals surface area contributed by atoms with Crippen molar-refractivity contribution < 1.29 is 55.2 Å². The summed E-state index contributed by atoms with van der Waals surface area (Å²) in [5, 5.41) is 14.3.